The van der Waals surface area contributed by atoms with E-state index in [4.69, 9.17) is 4.98 Å². The van der Waals surface area contributed by atoms with E-state index in [1.54, 1.807) is 0 Å². The molecule has 10 rings (SSSR count). The molecule has 0 bridgehead atoms. The third kappa shape index (κ3) is 4.24. The Bertz CT molecular complexity index is 2980. The third-order valence-corrected chi connectivity index (χ3v) is 10.3. The number of pyridine rings is 1. The lowest BCUT2D eigenvalue weighted by Crippen LogP contribution is -1.94. The molecule has 0 amide bonds. The van der Waals surface area contributed by atoms with Crippen molar-refractivity contribution in [3.05, 3.63) is 175 Å². The van der Waals surface area contributed by atoms with Crippen LogP contribution in [0.3, 0.4) is 0 Å². The summed E-state index contributed by atoms with van der Waals surface area (Å²) in [5.74, 6) is 0. The predicted molar refractivity (Wildman–Crippen MR) is 210 cm³/mol. The molecule has 0 unspecified atom stereocenters. The van der Waals surface area contributed by atoms with Gasteiger partial charge in [0.05, 0.1) is 22.8 Å². The van der Waals surface area contributed by atoms with Gasteiger partial charge < -0.3 is 0 Å². The first-order valence-corrected chi connectivity index (χ1v) is 16.9. The summed E-state index contributed by atoms with van der Waals surface area (Å²) in [6.07, 6.45) is 0. The number of nitriles is 1. The maximum atomic E-state index is 9.48. The van der Waals surface area contributed by atoms with Crippen LogP contribution in [0.1, 0.15) is 5.56 Å². The quantitative estimate of drug-likeness (QED) is 0.144. The molecule has 0 saturated carbocycles. The summed E-state index contributed by atoms with van der Waals surface area (Å²) in [6.45, 7) is 0. The standard InChI is InChI=1S/C48H28N2/c49-29-30-20-22-33(23-21-30)48-43-27-24-32-11-2-4-14-36(32)46(43)42-26-25-34(28-44(42)50-48)45-38-15-5-7-17-40(38)47(41-18-8-6-16-39(41)45)37-19-9-12-31-10-1-3-13-35(31)37/h1-28H. The SMILES string of the molecule is N#Cc1ccc(-c2nc3cc(-c4c5ccccc5c(-c5cccc6ccccc56)c5ccccc45)ccc3c3c2ccc2ccccc23)cc1. The normalized spacial score (nSPS) is 11.6. The maximum Gasteiger partial charge on any atom is 0.0991 e. The van der Waals surface area contributed by atoms with E-state index in [1.807, 2.05) is 24.3 Å². The van der Waals surface area contributed by atoms with E-state index in [0.29, 0.717) is 5.56 Å². The molecular formula is C48H28N2. The van der Waals surface area contributed by atoms with Crippen molar-refractivity contribution in [3.63, 3.8) is 0 Å². The molecule has 10 aromatic rings. The summed E-state index contributed by atoms with van der Waals surface area (Å²) in [7, 11) is 0. The van der Waals surface area contributed by atoms with Crippen molar-refractivity contribution in [1.29, 1.82) is 5.26 Å². The molecule has 2 nitrogen and oxygen atoms in total. The number of benzene rings is 9. The minimum Gasteiger partial charge on any atom is -0.247 e. The van der Waals surface area contributed by atoms with E-state index in [0.717, 1.165) is 33.1 Å². The van der Waals surface area contributed by atoms with E-state index in [2.05, 4.69) is 152 Å². The summed E-state index contributed by atoms with van der Waals surface area (Å²) in [4.78, 5) is 5.40. The van der Waals surface area contributed by atoms with Crippen molar-refractivity contribution in [2.75, 3.05) is 0 Å². The highest BCUT2D eigenvalue weighted by Gasteiger charge is 2.19. The van der Waals surface area contributed by atoms with Crippen molar-refractivity contribution in [3.8, 4) is 39.6 Å². The Morgan fingerprint density at radius 1 is 0.400 bits per heavy atom. The molecule has 2 heteroatoms. The van der Waals surface area contributed by atoms with Crippen LogP contribution in [0.2, 0.25) is 0 Å². The Kier molecular flexibility index (Phi) is 6.28. The summed E-state index contributed by atoms with van der Waals surface area (Å²) >= 11 is 0. The van der Waals surface area contributed by atoms with Crippen molar-refractivity contribution in [2.24, 2.45) is 0 Å². The molecular weight excluding hydrogens is 605 g/mol. The first kappa shape index (κ1) is 28.2. The zero-order chi connectivity index (χ0) is 33.2. The van der Waals surface area contributed by atoms with Gasteiger partial charge in [0, 0.05) is 21.7 Å². The fraction of sp³-hybridized carbons (Fsp3) is 0. The molecule has 1 aromatic heterocycles. The maximum absolute atomic E-state index is 9.48. The highest BCUT2D eigenvalue weighted by molar-refractivity contribution is 6.25. The van der Waals surface area contributed by atoms with Gasteiger partial charge in [0.15, 0.2) is 0 Å². The van der Waals surface area contributed by atoms with Gasteiger partial charge in [-0.05, 0) is 83.5 Å². The van der Waals surface area contributed by atoms with Crippen molar-refractivity contribution in [1.82, 2.24) is 4.98 Å². The van der Waals surface area contributed by atoms with E-state index in [9.17, 15) is 5.26 Å². The Labute approximate surface area is 289 Å². The fourth-order valence-corrected chi connectivity index (χ4v) is 8.03. The van der Waals surface area contributed by atoms with Crippen LogP contribution in [0.15, 0.2) is 170 Å². The van der Waals surface area contributed by atoms with E-state index < -0.39 is 0 Å². The van der Waals surface area contributed by atoms with Crippen LogP contribution in [-0.4, -0.2) is 4.98 Å². The molecule has 0 spiro atoms. The van der Waals surface area contributed by atoms with Crippen molar-refractivity contribution < 1.29 is 0 Å². The average Bonchev–Trinajstić information content (AvgIpc) is 3.19. The minimum atomic E-state index is 0.636. The highest BCUT2D eigenvalue weighted by Crippen LogP contribution is 2.46. The zero-order valence-corrected chi connectivity index (χ0v) is 27.1. The van der Waals surface area contributed by atoms with Crippen LogP contribution < -0.4 is 0 Å². The number of rotatable bonds is 3. The van der Waals surface area contributed by atoms with Crippen LogP contribution in [-0.2, 0) is 0 Å². The van der Waals surface area contributed by atoms with Gasteiger partial charge in [0.1, 0.15) is 0 Å². The Morgan fingerprint density at radius 2 is 0.940 bits per heavy atom. The van der Waals surface area contributed by atoms with Gasteiger partial charge in [-0.15, -0.1) is 0 Å². The van der Waals surface area contributed by atoms with E-state index in [1.165, 1.54) is 65.2 Å². The molecule has 0 aliphatic carbocycles. The summed E-state index contributed by atoms with van der Waals surface area (Å²) < 4.78 is 0. The Balaban J connectivity index is 1.30. The monoisotopic (exact) mass is 632 g/mol. The first-order chi connectivity index (χ1) is 24.8. The average molecular weight is 633 g/mol. The molecule has 230 valence electrons. The van der Waals surface area contributed by atoms with Gasteiger partial charge in [-0.1, -0.05) is 152 Å². The summed E-state index contributed by atoms with van der Waals surface area (Å²) in [5.41, 5.74) is 8.33. The van der Waals surface area contributed by atoms with Gasteiger partial charge in [0.2, 0.25) is 0 Å². The van der Waals surface area contributed by atoms with Gasteiger partial charge in [-0.3, -0.25) is 0 Å². The van der Waals surface area contributed by atoms with Gasteiger partial charge in [-0.2, -0.15) is 5.26 Å². The molecule has 0 N–H and O–H groups in total. The Hall–Kier alpha value is -6.82. The Morgan fingerprint density at radius 3 is 1.62 bits per heavy atom. The van der Waals surface area contributed by atoms with Crippen LogP contribution in [0.25, 0.3) is 98.3 Å². The molecule has 0 fully saturated rings. The van der Waals surface area contributed by atoms with Crippen LogP contribution >= 0.6 is 0 Å². The molecule has 50 heavy (non-hydrogen) atoms. The third-order valence-electron chi connectivity index (χ3n) is 10.3. The van der Waals surface area contributed by atoms with E-state index >= 15 is 0 Å². The molecule has 9 aromatic carbocycles. The van der Waals surface area contributed by atoms with E-state index in [-0.39, 0.29) is 0 Å². The first-order valence-electron chi connectivity index (χ1n) is 16.9. The second kappa shape index (κ2) is 11.1. The van der Waals surface area contributed by atoms with Crippen molar-refractivity contribution in [2.45, 2.75) is 0 Å². The summed E-state index contributed by atoms with van der Waals surface area (Å²) in [5, 5.41) is 22.7. The molecule has 0 aliphatic heterocycles. The molecule has 0 radical (unpaired) electrons. The summed E-state index contributed by atoms with van der Waals surface area (Å²) in [6, 6.07) is 62.8. The largest absolute Gasteiger partial charge is 0.247 e. The van der Waals surface area contributed by atoms with Gasteiger partial charge >= 0.3 is 0 Å². The smallest absolute Gasteiger partial charge is 0.0991 e. The number of nitrogens with zero attached hydrogens (tertiary/aromatic N) is 2. The zero-order valence-electron chi connectivity index (χ0n) is 27.1. The van der Waals surface area contributed by atoms with Gasteiger partial charge in [0.25, 0.3) is 0 Å². The molecule has 0 saturated heterocycles. The number of hydrogen-bond donors (Lipinski definition) is 0. The van der Waals surface area contributed by atoms with Crippen LogP contribution in [0.4, 0.5) is 0 Å². The number of hydrogen-bond acceptors (Lipinski definition) is 2. The lowest BCUT2D eigenvalue weighted by molar-refractivity contribution is 1.42. The van der Waals surface area contributed by atoms with Crippen LogP contribution in [0, 0.1) is 11.3 Å². The highest BCUT2D eigenvalue weighted by atomic mass is 14.7. The van der Waals surface area contributed by atoms with Crippen LogP contribution in [0.5, 0.6) is 0 Å². The minimum absolute atomic E-state index is 0.636. The fourth-order valence-electron chi connectivity index (χ4n) is 8.03. The molecule has 0 aliphatic rings. The second-order valence-corrected chi connectivity index (χ2v) is 13.0. The predicted octanol–water partition coefficient (Wildman–Crippen LogP) is 12.9. The lowest BCUT2D eigenvalue weighted by Gasteiger charge is -2.19. The topological polar surface area (TPSA) is 36.7 Å². The second-order valence-electron chi connectivity index (χ2n) is 13.0. The number of fused-ring (bicyclic) bond motifs is 8. The number of aromatic nitrogens is 1. The molecule has 0 atom stereocenters. The molecule has 1 heterocycles. The lowest BCUT2D eigenvalue weighted by atomic mass is 9.84. The van der Waals surface area contributed by atoms with Crippen molar-refractivity contribution >= 4 is 64.8 Å². The van der Waals surface area contributed by atoms with Gasteiger partial charge in [-0.25, -0.2) is 4.98 Å².